The second-order valence-electron chi connectivity index (χ2n) is 11.3. The molecular weight excluding hydrogens is 394 g/mol. The molecule has 32 heavy (non-hydrogen) atoms. The Bertz CT molecular complexity index is 777. The third-order valence-corrected chi connectivity index (χ3v) is 6.06. The van der Waals surface area contributed by atoms with Gasteiger partial charge in [0.2, 0.25) is 0 Å². The highest BCUT2D eigenvalue weighted by atomic mass is 16.5. The molecule has 2 aromatic carbocycles. The monoisotopic (exact) mass is 440 g/mol. The van der Waals surface area contributed by atoms with Gasteiger partial charge in [0, 0.05) is 5.56 Å². The van der Waals surface area contributed by atoms with E-state index in [1.54, 1.807) is 0 Å². The molecular formula is C29H46NO2+. The fraction of sp³-hybridized carbons (Fsp3) is 0.586. The number of nitrogens with zero attached hydrogens (tertiary/aromatic N) is 1. The average molecular weight is 441 g/mol. The smallest absolute Gasteiger partial charge is 0.119 e. The minimum Gasteiger partial charge on any atom is -0.491 e. The van der Waals surface area contributed by atoms with Crippen molar-refractivity contribution in [2.75, 3.05) is 40.5 Å². The Hall–Kier alpha value is -1.84. The van der Waals surface area contributed by atoms with Crippen LogP contribution in [0.15, 0.2) is 54.6 Å². The van der Waals surface area contributed by atoms with Gasteiger partial charge < -0.3 is 14.0 Å². The summed E-state index contributed by atoms with van der Waals surface area (Å²) in [5, 5.41) is 0. The van der Waals surface area contributed by atoms with Crippen LogP contribution in [0.1, 0.15) is 65.0 Å². The van der Waals surface area contributed by atoms with Gasteiger partial charge in [0.15, 0.2) is 0 Å². The Morgan fingerprint density at radius 2 is 1.47 bits per heavy atom. The number of benzene rings is 2. The Morgan fingerprint density at radius 3 is 2.06 bits per heavy atom. The first kappa shape index (κ1) is 26.4. The molecule has 1 atom stereocenters. The fourth-order valence-corrected chi connectivity index (χ4v) is 4.80. The summed E-state index contributed by atoms with van der Waals surface area (Å²) in [4.78, 5) is 0. The minimum atomic E-state index is 0.208. The lowest BCUT2D eigenvalue weighted by atomic mass is 9.69. The third kappa shape index (κ3) is 9.34. The summed E-state index contributed by atoms with van der Waals surface area (Å²) in [6, 6.07) is 19.4. The van der Waals surface area contributed by atoms with Gasteiger partial charge in [0.1, 0.15) is 25.4 Å². The molecule has 0 spiro atoms. The molecule has 0 radical (unpaired) electrons. The van der Waals surface area contributed by atoms with E-state index in [4.69, 9.17) is 9.47 Å². The van der Waals surface area contributed by atoms with E-state index in [1.807, 2.05) is 0 Å². The summed E-state index contributed by atoms with van der Waals surface area (Å²) >= 11 is 0. The first-order valence-electron chi connectivity index (χ1n) is 12.2. The van der Waals surface area contributed by atoms with Crippen molar-refractivity contribution in [2.24, 2.45) is 5.41 Å². The molecule has 0 saturated carbocycles. The van der Waals surface area contributed by atoms with Gasteiger partial charge >= 0.3 is 0 Å². The standard InChI is InChI=1S/C29H46NO2/c1-8-18-29(5,24-28(2,3)4)26-14-16-27(17-15-26)32-22-21-31-20-19-30(6,7)23-25-12-10-9-11-13-25/h9-17H,8,18-24H2,1-7H3/q+1. The molecule has 2 aromatic rings. The number of likely N-dealkylation sites (N-methyl/N-ethyl adjacent to an activating group) is 1. The topological polar surface area (TPSA) is 18.5 Å². The van der Waals surface area contributed by atoms with Crippen LogP contribution in [0.3, 0.4) is 0 Å². The number of hydrogen-bond acceptors (Lipinski definition) is 2. The molecule has 0 bridgehead atoms. The van der Waals surface area contributed by atoms with Gasteiger partial charge in [-0.05, 0) is 41.4 Å². The van der Waals surface area contributed by atoms with Gasteiger partial charge in [-0.15, -0.1) is 0 Å². The molecule has 0 N–H and O–H groups in total. The lowest BCUT2D eigenvalue weighted by Gasteiger charge is -2.36. The maximum atomic E-state index is 5.93. The molecule has 0 fully saturated rings. The third-order valence-electron chi connectivity index (χ3n) is 6.06. The first-order chi connectivity index (χ1) is 15.0. The Morgan fingerprint density at radius 1 is 0.812 bits per heavy atom. The second-order valence-corrected chi connectivity index (χ2v) is 11.3. The molecule has 3 heteroatoms. The molecule has 178 valence electrons. The zero-order valence-electron chi connectivity index (χ0n) is 21.6. The predicted molar refractivity (Wildman–Crippen MR) is 136 cm³/mol. The summed E-state index contributed by atoms with van der Waals surface area (Å²) in [5.74, 6) is 0.923. The molecule has 0 amide bonds. The fourth-order valence-electron chi connectivity index (χ4n) is 4.80. The van der Waals surface area contributed by atoms with E-state index in [9.17, 15) is 0 Å². The molecule has 0 saturated heterocycles. The largest absolute Gasteiger partial charge is 0.491 e. The number of hydrogen-bond donors (Lipinski definition) is 0. The second kappa shape index (κ2) is 11.9. The average Bonchev–Trinajstić information content (AvgIpc) is 2.70. The van der Waals surface area contributed by atoms with Crippen LogP contribution in [0.2, 0.25) is 0 Å². The van der Waals surface area contributed by atoms with Crippen molar-refractivity contribution in [3.63, 3.8) is 0 Å². The highest BCUT2D eigenvalue weighted by Crippen LogP contribution is 2.40. The van der Waals surface area contributed by atoms with Crippen molar-refractivity contribution >= 4 is 0 Å². The van der Waals surface area contributed by atoms with E-state index in [-0.39, 0.29) is 5.41 Å². The minimum absolute atomic E-state index is 0.208. The molecule has 0 aliphatic carbocycles. The summed E-state index contributed by atoms with van der Waals surface area (Å²) in [6.45, 7) is 15.6. The van der Waals surface area contributed by atoms with E-state index in [0.29, 0.717) is 18.6 Å². The molecule has 1 unspecified atom stereocenters. The Balaban J connectivity index is 1.74. The van der Waals surface area contributed by atoms with Crippen LogP contribution in [0, 0.1) is 5.41 Å². The summed E-state index contributed by atoms with van der Waals surface area (Å²) in [5.41, 5.74) is 3.29. The van der Waals surface area contributed by atoms with E-state index < -0.39 is 0 Å². The van der Waals surface area contributed by atoms with Crippen molar-refractivity contribution in [1.29, 1.82) is 0 Å². The van der Waals surface area contributed by atoms with E-state index in [0.717, 1.165) is 29.9 Å². The molecule has 0 aliphatic heterocycles. The van der Waals surface area contributed by atoms with Crippen LogP contribution in [0.4, 0.5) is 0 Å². The van der Waals surface area contributed by atoms with Crippen LogP contribution in [-0.2, 0) is 16.7 Å². The van der Waals surface area contributed by atoms with Gasteiger partial charge in [-0.3, -0.25) is 0 Å². The van der Waals surface area contributed by atoms with Gasteiger partial charge in [-0.2, -0.15) is 0 Å². The van der Waals surface area contributed by atoms with Crippen molar-refractivity contribution in [2.45, 2.75) is 65.8 Å². The van der Waals surface area contributed by atoms with E-state index >= 15 is 0 Å². The molecule has 0 heterocycles. The van der Waals surface area contributed by atoms with Gasteiger partial charge in [0.05, 0.1) is 27.3 Å². The van der Waals surface area contributed by atoms with Crippen molar-refractivity contribution in [3.05, 3.63) is 65.7 Å². The molecule has 3 nitrogen and oxygen atoms in total. The highest BCUT2D eigenvalue weighted by molar-refractivity contribution is 5.32. The number of ether oxygens (including phenoxy) is 2. The zero-order chi connectivity index (χ0) is 23.7. The molecule has 0 aromatic heterocycles. The summed E-state index contributed by atoms with van der Waals surface area (Å²) in [6.07, 6.45) is 3.58. The lowest BCUT2D eigenvalue weighted by molar-refractivity contribution is -0.904. The molecule has 0 aliphatic rings. The Kier molecular flexibility index (Phi) is 9.79. The van der Waals surface area contributed by atoms with Gasteiger partial charge in [-0.1, -0.05) is 83.5 Å². The normalized spacial score (nSPS) is 14.2. The van der Waals surface area contributed by atoms with Crippen molar-refractivity contribution in [1.82, 2.24) is 0 Å². The highest BCUT2D eigenvalue weighted by Gasteiger charge is 2.31. The SMILES string of the molecule is CCCC(C)(CC(C)(C)C)c1ccc(OCCOCC[N+](C)(C)Cc2ccccc2)cc1. The predicted octanol–water partition coefficient (Wildman–Crippen LogP) is 6.85. The van der Waals surface area contributed by atoms with Gasteiger partial charge in [-0.25, -0.2) is 0 Å². The maximum Gasteiger partial charge on any atom is 0.119 e. The number of rotatable bonds is 13. The summed E-state index contributed by atoms with van der Waals surface area (Å²) < 4.78 is 12.7. The molecule has 2 rings (SSSR count). The first-order valence-corrected chi connectivity index (χ1v) is 12.2. The maximum absolute atomic E-state index is 5.93. The summed E-state index contributed by atoms with van der Waals surface area (Å²) in [7, 11) is 4.50. The quantitative estimate of drug-likeness (QED) is 0.250. The zero-order valence-corrected chi connectivity index (χ0v) is 21.6. The van der Waals surface area contributed by atoms with Crippen LogP contribution in [-0.4, -0.2) is 44.9 Å². The van der Waals surface area contributed by atoms with Gasteiger partial charge in [0.25, 0.3) is 0 Å². The van der Waals surface area contributed by atoms with Crippen LogP contribution in [0.25, 0.3) is 0 Å². The van der Waals surface area contributed by atoms with Crippen LogP contribution in [0.5, 0.6) is 5.75 Å². The lowest BCUT2D eigenvalue weighted by Crippen LogP contribution is -2.41. The number of quaternary nitrogens is 1. The van der Waals surface area contributed by atoms with Crippen LogP contribution < -0.4 is 4.74 Å². The Labute approximate surface area is 197 Å². The van der Waals surface area contributed by atoms with Crippen molar-refractivity contribution in [3.8, 4) is 5.75 Å². The van der Waals surface area contributed by atoms with E-state index in [2.05, 4.69) is 103 Å². The van der Waals surface area contributed by atoms with E-state index in [1.165, 1.54) is 30.4 Å². The van der Waals surface area contributed by atoms with Crippen molar-refractivity contribution < 1.29 is 14.0 Å². The van der Waals surface area contributed by atoms with Crippen LogP contribution >= 0.6 is 0 Å².